The monoisotopic (exact) mass is 203 g/mol. The summed E-state index contributed by atoms with van der Waals surface area (Å²) in [7, 11) is 0. The maximum atomic E-state index is 5.64. The van der Waals surface area contributed by atoms with Crippen molar-refractivity contribution in [3.8, 4) is 0 Å². The first kappa shape index (κ1) is 10.1. The van der Waals surface area contributed by atoms with Crippen LogP contribution in [0, 0.1) is 0 Å². The molecule has 15 heavy (non-hydrogen) atoms. The van der Waals surface area contributed by atoms with Crippen LogP contribution in [-0.4, -0.2) is 6.54 Å². The summed E-state index contributed by atoms with van der Waals surface area (Å²) in [4.78, 5) is 0. The molecule has 2 aromatic rings. The van der Waals surface area contributed by atoms with Gasteiger partial charge in [-0.2, -0.15) is 0 Å². The molecule has 0 radical (unpaired) electrons. The standard InChI is InChI=1S/C13H17NO/c1-2-3-6-9-14-13-10-11-7-4-5-8-12(11)15-13/h4-5,7-8,10,14H,2-3,6,9H2,1H3. The quantitative estimate of drug-likeness (QED) is 0.742. The summed E-state index contributed by atoms with van der Waals surface area (Å²) in [5, 5.41) is 4.46. The van der Waals surface area contributed by atoms with Gasteiger partial charge in [0.15, 0.2) is 5.88 Å². The van der Waals surface area contributed by atoms with Crippen LogP contribution in [0.25, 0.3) is 11.0 Å². The van der Waals surface area contributed by atoms with Gasteiger partial charge in [0, 0.05) is 18.0 Å². The van der Waals surface area contributed by atoms with E-state index in [1.165, 1.54) is 19.3 Å². The Labute approximate surface area is 90.3 Å². The largest absolute Gasteiger partial charge is 0.441 e. The van der Waals surface area contributed by atoms with E-state index >= 15 is 0 Å². The number of benzene rings is 1. The van der Waals surface area contributed by atoms with Crippen molar-refractivity contribution in [3.05, 3.63) is 30.3 Å². The molecule has 0 spiro atoms. The normalized spacial score (nSPS) is 10.7. The molecule has 1 aromatic heterocycles. The highest BCUT2D eigenvalue weighted by Crippen LogP contribution is 2.22. The van der Waals surface area contributed by atoms with E-state index in [0.29, 0.717) is 0 Å². The summed E-state index contributed by atoms with van der Waals surface area (Å²) in [5.74, 6) is 0.882. The van der Waals surface area contributed by atoms with E-state index in [-0.39, 0.29) is 0 Å². The van der Waals surface area contributed by atoms with Crippen LogP contribution in [0.4, 0.5) is 5.88 Å². The third-order valence-corrected chi connectivity index (χ3v) is 2.51. The topological polar surface area (TPSA) is 25.2 Å². The Morgan fingerprint density at radius 3 is 2.87 bits per heavy atom. The van der Waals surface area contributed by atoms with Crippen LogP contribution in [0.15, 0.2) is 34.7 Å². The lowest BCUT2D eigenvalue weighted by molar-refractivity contribution is 0.620. The first-order chi connectivity index (χ1) is 7.40. The van der Waals surface area contributed by atoms with Crippen molar-refractivity contribution in [2.24, 2.45) is 0 Å². The molecule has 0 unspecified atom stereocenters. The zero-order valence-corrected chi connectivity index (χ0v) is 9.12. The number of hydrogen-bond donors (Lipinski definition) is 1. The Balaban J connectivity index is 1.97. The van der Waals surface area contributed by atoms with Crippen molar-refractivity contribution < 1.29 is 4.42 Å². The molecule has 80 valence electrons. The zero-order chi connectivity index (χ0) is 10.5. The summed E-state index contributed by atoms with van der Waals surface area (Å²) in [6, 6.07) is 10.1. The van der Waals surface area contributed by atoms with Crippen molar-refractivity contribution in [3.63, 3.8) is 0 Å². The Morgan fingerprint density at radius 2 is 2.07 bits per heavy atom. The molecule has 0 saturated heterocycles. The number of hydrogen-bond acceptors (Lipinski definition) is 2. The zero-order valence-electron chi connectivity index (χ0n) is 9.12. The van der Waals surface area contributed by atoms with Crippen LogP contribution >= 0.6 is 0 Å². The lowest BCUT2D eigenvalue weighted by Gasteiger charge is -2.00. The molecule has 2 rings (SSSR count). The molecule has 1 aromatic carbocycles. The van der Waals surface area contributed by atoms with E-state index < -0.39 is 0 Å². The number of unbranched alkanes of at least 4 members (excludes halogenated alkanes) is 2. The average molecular weight is 203 g/mol. The minimum atomic E-state index is 0.882. The van der Waals surface area contributed by atoms with E-state index in [0.717, 1.165) is 23.4 Å². The van der Waals surface area contributed by atoms with Crippen LogP contribution in [-0.2, 0) is 0 Å². The van der Waals surface area contributed by atoms with Crippen LogP contribution < -0.4 is 5.32 Å². The maximum Gasteiger partial charge on any atom is 0.194 e. The second-order valence-corrected chi connectivity index (χ2v) is 3.78. The van der Waals surface area contributed by atoms with E-state index in [9.17, 15) is 0 Å². The molecule has 0 saturated carbocycles. The highest BCUT2D eigenvalue weighted by Gasteiger charge is 2.00. The van der Waals surface area contributed by atoms with Gasteiger partial charge in [-0.05, 0) is 12.5 Å². The first-order valence-corrected chi connectivity index (χ1v) is 5.62. The Kier molecular flexibility index (Phi) is 3.28. The second-order valence-electron chi connectivity index (χ2n) is 3.78. The van der Waals surface area contributed by atoms with Gasteiger partial charge in [-0.1, -0.05) is 38.0 Å². The SMILES string of the molecule is CCCCCNc1cc2ccccc2o1. The molecule has 1 N–H and O–H groups in total. The van der Waals surface area contributed by atoms with E-state index in [2.05, 4.69) is 24.4 Å². The van der Waals surface area contributed by atoms with Gasteiger partial charge < -0.3 is 9.73 Å². The van der Waals surface area contributed by atoms with Crippen molar-refractivity contribution >= 4 is 16.9 Å². The van der Waals surface area contributed by atoms with E-state index in [1.807, 2.05) is 18.2 Å². The van der Waals surface area contributed by atoms with Gasteiger partial charge in [0.25, 0.3) is 0 Å². The fourth-order valence-corrected chi connectivity index (χ4v) is 1.66. The van der Waals surface area contributed by atoms with Crippen LogP contribution in [0.5, 0.6) is 0 Å². The highest BCUT2D eigenvalue weighted by molar-refractivity contribution is 5.80. The van der Waals surface area contributed by atoms with Gasteiger partial charge in [-0.15, -0.1) is 0 Å². The molecule has 0 bridgehead atoms. The third kappa shape index (κ3) is 2.52. The van der Waals surface area contributed by atoms with Gasteiger partial charge >= 0.3 is 0 Å². The summed E-state index contributed by atoms with van der Waals surface area (Å²) in [6.45, 7) is 3.20. The first-order valence-electron chi connectivity index (χ1n) is 5.62. The minimum Gasteiger partial charge on any atom is -0.441 e. The third-order valence-electron chi connectivity index (χ3n) is 2.51. The summed E-state index contributed by atoms with van der Waals surface area (Å²) in [6.07, 6.45) is 3.72. The van der Waals surface area contributed by atoms with Gasteiger partial charge in [0.2, 0.25) is 0 Å². The number of para-hydroxylation sites is 1. The summed E-state index contributed by atoms with van der Waals surface area (Å²) in [5.41, 5.74) is 0.954. The van der Waals surface area contributed by atoms with Crippen molar-refractivity contribution in [1.82, 2.24) is 0 Å². The number of nitrogens with one attached hydrogen (secondary N) is 1. The van der Waals surface area contributed by atoms with Crippen molar-refractivity contribution in [2.45, 2.75) is 26.2 Å². The molecule has 1 heterocycles. The van der Waals surface area contributed by atoms with Crippen LogP contribution in [0.3, 0.4) is 0 Å². The lowest BCUT2D eigenvalue weighted by Crippen LogP contribution is -1.99. The lowest BCUT2D eigenvalue weighted by atomic mass is 10.2. The fourth-order valence-electron chi connectivity index (χ4n) is 1.66. The Hall–Kier alpha value is -1.44. The molecule has 0 atom stereocenters. The predicted molar refractivity (Wildman–Crippen MR) is 64.2 cm³/mol. The van der Waals surface area contributed by atoms with Gasteiger partial charge in [-0.3, -0.25) is 0 Å². The fraction of sp³-hybridized carbons (Fsp3) is 0.385. The highest BCUT2D eigenvalue weighted by atomic mass is 16.3. The molecule has 2 nitrogen and oxygen atoms in total. The second kappa shape index (κ2) is 4.87. The van der Waals surface area contributed by atoms with Gasteiger partial charge in [-0.25, -0.2) is 0 Å². The number of rotatable bonds is 5. The van der Waals surface area contributed by atoms with E-state index in [4.69, 9.17) is 4.42 Å². The molecular weight excluding hydrogens is 186 g/mol. The van der Waals surface area contributed by atoms with Crippen molar-refractivity contribution in [2.75, 3.05) is 11.9 Å². The maximum absolute atomic E-state index is 5.64. The van der Waals surface area contributed by atoms with Crippen LogP contribution in [0.2, 0.25) is 0 Å². The molecule has 0 aliphatic rings. The molecular formula is C13H17NO. The number of furan rings is 1. The van der Waals surface area contributed by atoms with Gasteiger partial charge in [0.05, 0.1) is 0 Å². The smallest absolute Gasteiger partial charge is 0.194 e. The average Bonchev–Trinajstić information content (AvgIpc) is 2.67. The Bertz CT molecular complexity index is 386. The number of anilines is 1. The van der Waals surface area contributed by atoms with Gasteiger partial charge in [0.1, 0.15) is 5.58 Å². The predicted octanol–water partition coefficient (Wildman–Crippen LogP) is 4.03. The minimum absolute atomic E-state index is 0.882. The molecule has 0 aliphatic carbocycles. The molecule has 0 aliphatic heterocycles. The molecule has 0 fully saturated rings. The number of fused-ring (bicyclic) bond motifs is 1. The van der Waals surface area contributed by atoms with Crippen LogP contribution in [0.1, 0.15) is 26.2 Å². The summed E-state index contributed by atoms with van der Waals surface area (Å²) >= 11 is 0. The van der Waals surface area contributed by atoms with Crippen molar-refractivity contribution in [1.29, 1.82) is 0 Å². The molecule has 0 amide bonds. The summed E-state index contributed by atoms with van der Waals surface area (Å²) < 4.78 is 5.64. The molecule has 2 heteroatoms. The van der Waals surface area contributed by atoms with E-state index in [1.54, 1.807) is 0 Å². The Morgan fingerprint density at radius 1 is 1.20 bits per heavy atom.